The zero-order chi connectivity index (χ0) is 16.6. The molecule has 0 aromatic rings. The lowest BCUT2D eigenvalue weighted by Crippen LogP contribution is -2.60. The second-order valence-electron chi connectivity index (χ2n) is 7.44. The summed E-state index contributed by atoms with van der Waals surface area (Å²) >= 11 is 0. The first-order valence-electron chi connectivity index (χ1n) is 6.96. The van der Waals surface area contributed by atoms with Crippen LogP contribution in [0.25, 0.3) is 0 Å². The molecule has 0 aromatic heterocycles. The molecule has 0 amide bonds. The minimum atomic E-state index is -3.53. The summed E-state index contributed by atoms with van der Waals surface area (Å²) in [6, 6.07) is -0.546. The Hall–Kier alpha value is -0.170. The van der Waals surface area contributed by atoms with Crippen LogP contribution in [0.5, 0.6) is 0 Å². The summed E-state index contributed by atoms with van der Waals surface area (Å²) < 4.78 is 25.8. The van der Waals surface area contributed by atoms with Crippen LogP contribution in [-0.2, 0) is 10.0 Å². The van der Waals surface area contributed by atoms with Gasteiger partial charge in [-0.2, -0.15) is 4.31 Å². The number of sulfonamides is 1. The summed E-state index contributed by atoms with van der Waals surface area (Å²) in [6.45, 7) is 11.9. The van der Waals surface area contributed by atoms with Crippen LogP contribution in [0.15, 0.2) is 0 Å². The van der Waals surface area contributed by atoms with Crippen LogP contribution in [0.1, 0.15) is 61.3 Å². The lowest BCUT2D eigenvalue weighted by Gasteiger charge is -2.47. The molecule has 0 aromatic carbocycles. The van der Waals surface area contributed by atoms with Crippen molar-refractivity contribution in [3.05, 3.63) is 0 Å². The molecule has 122 valence electrons. The average Bonchev–Trinajstić information content (AvgIpc) is 2.04. The van der Waals surface area contributed by atoms with Crippen molar-refractivity contribution in [3.8, 4) is 0 Å². The van der Waals surface area contributed by atoms with E-state index in [0.29, 0.717) is 6.42 Å². The Labute approximate surface area is 124 Å². The van der Waals surface area contributed by atoms with Crippen molar-refractivity contribution in [1.29, 1.82) is 0 Å². The molecule has 0 aliphatic carbocycles. The zero-order valence-corrected chi connectivity index (χ0v) is 14.9. The Bertz CT molecular complexity index is 415. The first-order chi connectivity index (χ1) is 8.52. The van der Waals surface area contributed by atoms with E-state index in [4.69, 9.17) is 0 Å². The quantitative estimate of drug-likeness (QED) is 0.751. The van der Waals surface area contributed by atoms with Crippen LogP contribution in [0.2, 0.25) is 0 Å². The third kappa shape index (κ3) is 5.68. The fourth-order valence-corrected chi connectivity index (χ4v) is 5.02. The van der Waals surface area contributed by atoms with Crippen LogP contribution in [0.3, 0.4) is 0 Å². The molecule has 2 N–H and O–H groups in total. The molecule has 0 spiro atoms. The molecule has 0 radical (unpaired) electrons. The zero-order valence-electron chi connectivity index (χ0n) is 14.1. The third-order valence-electron chi connectivity index (χ3n) is 3.30. The van der Waals surface area contributed by atoms with Gasteiger partial charge in [-0.15, -0.1) is 0 Å². The van der Waals surface area contributed by atoms with Gasteiger partial charge in [0.25, 0.3) is 0 Å². The van der Waals surface area contributed by atoms with E-state index in [9.17, 15) is 18.6 Å². The maximum Gasteiger partial charge on any atom is 0.212 e. The summed E-state index contributed by atoms with van der Waals surface area (Å²) in [7, 11) is -3.53. The number of nitrogens with zero attached hydrogens (tertiary/aromatic N) is 1. The molecule has 0 heterocycles. The summed E-state index contributed by atoms with van der Waals surface area (Å²) in [5.74, 6) is 0. The summed E-state index contributed by atoms with van der Waals surface area (Å²) in [5, 5.41) is 20.3. The van der Waals surface area contributed by atoms with Gasteiger partial charge in [-0.3, -0.25) is 0 Å². The van der Waals surface area contributed by atoms with Crippen LogP contribution < -0.4 is 0 Å². The van der Waals surface area contributed by atoms with E-state index in [0.717, 1.165) is 6.26 Å². The van der Waals surface area contributed by atoms with Gasteiger partial charge >= 0.3 is 0 Å². The van der Waals surface area contributed by atoms with Crippen molar-refractivity contribution in [1.82, 2.24) is 4.31 Å². The molecule has 1 atom stereocenters. The highest BCUT2D eigenvalue weighted by molar-refractivity contribution is 7.88. The maximum atomic E-state index is 12.2. The minimum absolute atomic E-state index is 0.277. The highest BCUT2D eigenvalue weighted by Gasteiger charge is 2.45. The van der Waals surface area contributed by atoms with Gasteiger partial charge in [-0.05, 0) is 54.4 Å². The Kier molecular flexibility index (Phi) is 5.86. The molecule has 0 bridgehead atoms. The van der Waals surface area contributed by atoms with Crippen LogP contribution in [-0.4, -0.2) is 52.0 Å². The summed E-state index contributed by atoms with van der Waals surface area (Å²) in [4.78, 5) is 0. The summed E-state index contributed by atoms with van der Waals surface area (Å²) in [6.07, 6.45) is 1.92. The third-order valence-corrected chi connectivity index (χ3v) is 4.77. The topological polar surface area (TPSA) is 77.8 Å². The van der Waals surface area contributed by atoms with Gasteiger partial charge < -0.3 is 10.2 Å². The lowest BCUT2D eigenvalue weighted by atomic mass is 9.86. The molecule has 1 unspecified atom stereocenters. The summed E-state index contributed by atoms with van der Waals surface area (Å²) in [5.41, 5.74) is -2.95. The Morgan fingerprint density at radius 3 is 1.65 bits per heavy atom. The Morgan fingerprint density at radius 2 is 1.45 bits per heavy atom. The molecule has 6 heteroatoms. The largest absolute Gasteiger partial charge is 0.390 e. The maximum absolute atomic E-state index is 12.2. The number of hydrogen-bond acceptors (Lipinski definition) is 4. The molecule has 0 aliphatic rings. The van der Waals surface area contributed by atoms with Gasteiger partial charge in [-0.25, -0.2) is 8.42 Å². The van der Waals surface area contributed by atoms with Gasteiger partial charge in [0.15, 0.2) is 0 Å². The lowest BCUT2D eigenvalue weighted by molar-refractivity contribution is -0.0407. The minimum Gasteiger partial charge on any atom is -0.390 e. The number of aliphatic hydroxyl groups is 2. The average molecular weight is 309 g/mol. The molecule has 0 rings (SSSR count). The monoisotopic (exact) mass is 309 g/mol. The molecule has 5 nitrogen and oxygen atoms in total. The molecule has 0 saturated carbocycles. The molecular formula is C14H31NO4S. The van der Waals surface area contributed by atoms with E-state index < -0.39 is 32.8 Å². The molecule has 20 heavy (non-hydrogen) atoms. The van der Waals surface area contributed by atoms with E-state index in [2.05, 4.69) is 0 Å². The smallest absolute Gasteiger partial charge is 0.212 e. The van der Waals surface area contributed by atoms with Gasteiger partial charge in [0, 0.05) is 5.54 Å². The fourth-order valence-electron chi connectivity index (χ4n) is 3.19. The fraction of sp³-hybridized carbons (Fsp3) is 1.00. The van der Waals surface area contributed by atoms with Crippen molar-refractivity contribution < 1.29 is 18.6 Å². The van der Waals surface area contributed by atoms with E-state index in [1.807, 2.05) is 6.92 Å². The van der Waals surface area contributed by atoms with E-state index in [-0.39, 0.29) is 6.42 Å². The number of rotatable bonds is 7. The predicted octanol–water partition coefficient (Wildman–Crippen LogP) is 1.74. The van der Waals surface area contributed by atoms with Crippen molar-refractivity contribution >= 4 is 10.0 Å². The van der Waals surface area contributed by atoms with Crippen LogP contribution in [0.4, 0.5) is 0 Å². The predicted molar refractivity (Wildman–Crippen MR) is 82.1 cm³/mol. The first-order valence-corrected chi connectivity index (χ1v) is 8.81. The van der Waals surface area contributed by atoms with E-state index in [1.54, 1.807) is 41.5 Å². The van der Waals surface area contributed by atoms with Crippen LogP contribution >= 0.6 is 0 Å². The molecule has 0 aliphatic heterocycles. The highest BCUT2D eigenvalue weighted by atomic mass is 32.2. The van der Waals surface area contributed by atoms with E-state index >= 15 is 0 Å². The standard InChI is InChI=1S/C14H31NO4S/c1-9-11(14(6,7)17)15(20(8,18)19)12(2,3)10-13(4,5)16/h11,16-17H,9-10H2,1-8H3. The Morgan fingerprint density at radius 1 is 1.05 bits per heavy atom. The molecule has 0 saturated heterocycles. The van der Waals surface area contributed by atoms with Gasteiger partial charge in [0.2, 0.25) is 10.0 Å². The van der Waals surface area contributed by atoms with Gasteiger partial charge in [0.1, 0.15) is 0 Å². The second-order valence-corrected chi connectivity index (χ2v) is 9.30. The van der Waals surface area contributed by atoms with E-state index in [1.165, 1.54) is 4.31 Å². The normalized spacial score (nSPS) is 16.6. The SMILES string of the molecule is CCC(N(C(C)(C)CC(C)(C)O)S(C)(=O)=O)C(C)(C)O. The van der Waals surface area contributed by atoms with Crippen molar-refractivity contribution in [2.75, 3.05) is 6.26 Å². The molecular weight excluding hydrogens is 278 g/mol. The van der Waals surface area contributed by atoms with Crippen molar-refractivity contribution in [2.24, 2.45) is 0 Å². The van der Waals surface area contributed by atoms with Crippen molar-refractivity contribution in [3.63, 3.8) is 0 Å². The van der Waals surface area contributed by atoms with Crippen LogP contribution in [0, 0.1) is 0 Å². The Balaban J connectivity index is 5.82. The van der Waals surface area contributed by atoms with Gasteiger partial charge in [0.05, 0.1) is 23.5 Å². The van der Waals surface area contributed by atoms with Crippen molar-refractivity contribution in [2.45, 2.75) is 84.1 Å². The highest BCUT2D eigenvalue weighted by Crippen LogP contribution is 2.34. The first kappa shape index (κ1) is 19.8. The number of hydrogen-bond donors (Lipinski definition) is 2. The molecule has 0 fully saturated rings. The van der Waals surface area contributed by atoms with Gasteiger partial charge in [-0.1, -0.05) is 6.92 Å². The second kappa shape index (κ2) is 5.91.